The highest BCUT2D eigenvalue weighted by molar-refractivity contribution is 8.02. The van der Waals surface area contributed by atoms with Crippen molar-refractivity contribution < 1.29 is 28.5 Å². The molecule has 0 aliphatic carbocycles. The van der Waals surface area contributed by atoms with E-state index in [1.54, 1.807) is 0 Å². The standard InChI is InChI=1S/C16H26O6S2/c17-15-19-11-13(21-15)5-1-3-7-23-9-10-24-8-4-2-6-14-12-20-16(18)22-14/h13-14H,1-12H2. The number of unbranched alkanes of at least 4 members (excludes halogenated alkanes) is 2. The third-order valence-corrected chi connectivity index (χ3v) is 6.20. The lowest BCUT2D eigenvalue weighted by Gasteiger charge is -2.06. The summed E-state index contributed by atoms with van der Waals surface area (Å²) < 4.78 is 19.5. The number of hydrogen-bond donors (Lipinski definition) is 0. The number of carbonyl (C=O) groups is 2. The summed E-state index contributed by atoms with van der Waals surface area (Å²) in [7, 11) is 0. The van der Waals surface area contributed by atoms with Gasteiger partial charge in [-0.15, -0.1) is 0 Å². The summed E-state index contributed by atoms with van der Waals surface area (Å²) >= 11 is 3.97. The van der Waals surface area contributed by atoms with Crippen molar-refractivity contribution in [1.82, 2.24) is 0 Å². The van der Waals surface area contributed by atoms with E-state index in [-0.39, 0.29) is 12.2 Å². The van der Waals surface area contributed by atoms with Crippen LogP contribution in [0.15, 0.2) is 0 Å². The first-order valence-electron chi connectivity index (χ1n) is 8.56. The van der Waals surface area contributed by atoms with Gasteiger partial charge in [-0.05, 0) is 50.0 Å². The van der Waals surface area contributed by atoms with E-state index in [1.165, 1.54) is 11.5 Å². The van der Waals surface area contributed by atoms with Crippen molar-refractivity contribution in [3.63, 3.8) is 0 Å². The Morgan fingerprint density at radius 3 is 1.54 bits per heavy atom. The van der Waals surface area contributed by atoms with Gasteiger partial charge in [0, 0.05) is 11.5 Å². The van der Waals surface area contributed by atoms with Crippen LogP contribution in [0.5, 0.6) is 0 Å². The first-order chi connectivity index (χ1) is 11.7. The molecule has 0 amide bonds. The Kier molecular flexibility index (Phi) is 9.57. The minimum Gasteiger partial charge on any atom is -0.430 e. The molecule has 0 aromatic carbocycles. The number of carbonyl (C=O) groups excluding carboxylic acids is 2. The van der Waals surface area contributed by atoms with Crippen LogP contribution in [-0.4, -0.2) is 60.7 Å². The summed E-state index contributed by atoms with van der Waals surface area (Å²) in [4.78, 5) is 21.5. The van der Waals surface area contributed by atoms with E-state index in [4.69, 9.17) is 18.9 Å². The van der Waals surface area contributed by atoms with E-state index in [1.807, 2.05) is 23.5 Å². The maximum Gasteiger partial charge on any atom is 0.508 e. The zero-order valence-electron chi connectivity index (χ0n) is 13.9. The van der Waals surface area contributed by atoms with Gasteiger partial charge in [-0.3, -0.25) is 0 Å². The van der Waals surface area contributed by atoms with Gasteiger partial charge in [0.15, 0.2) is 0 Å². The third-order valence-electron chi connectivity index (χ3n) is 3.80. The Morgan fingerprint density at radius 1 is 0.708 bits per heavy atom. The molecule has 0 aromatic heterocycles. The molecule has 0 radical (unpaired) electrons. The fourth-order valence-corrected chi connectivity index (χ4v) is 4.66. The van der Waals surface area contributed by atoms with Crippen LogP contribution in [0, 0.1) is 0 Å². The minimum atomic E-state index is -0.524. The summed E-state index contributed by atoms with van der Waals surface area (Å²) in [6.07, 6.45) is 5.18. The van der Waals surface area contributed by atoms with Gasteiger partial charge in [0.05, 0.1) is 0 Å². The molecule has 2 aliphatic heterocycles. The zero-order valence-corrected chi connectivity index (χ0v) is 15.5. The first-order valence-corrected chi connectivity index (χ1v) is 10.9. The molecule has 2 aliphatic rings. The Morgan fingerprint density at radius 2 is 1.17 bits per heavy atom. The summed E-state index contributed by atoms with van der Waals surface area (Å²) in [6, 6.07) is 0. The van der Waals surface area contributed by atoms with Crippen molar-refractivity contribution in [2.24, 2.45) is 0 Å². The fourth-order valence-electron chi connectivity index (χ4n) is 2.49. The van der Waals surface area contributed by atoms with Gasteiger partial charge >= 0.3 is 12.3 Å². The van der Waals surface area contributed by atoms with Gasteiger partial charge in [-0.2, -0.15) is 23.5 Å². The highest BCUT2D eigenvalue weighted by Crippen LogP contribution is 2.17. The Hall–Kier alpha value is -0.760. The lowest BCUT2D eigenvalue weighted by atomic mass is 10.2. The zero-order chi connectivity index (χ0) is 17.0. The molecule has 2 saturated heterocycles. The van der Waals surface area contributed by atoms with Crippen LogP contribution in [0.1, 0.15) is 38.5 Å². The molecule has 2 fully saturated rings. The molecular formula is C16H26O6S2. The third kappa shape index (κ3) is 8.37. The van der Waals surface area contributed by atoms with Crippen LogP contribution in [0.3, 0.4) is 0 Å². The molecule has 0 spiro atoms. The number of thioether (sulfide) groups is 2. The number of hydrogen-bond acceptors (Lipinski definition) is 8. The Labute approximate surface area is 151 Å². The molecule has 24 heavy (non-hydrogen) atoms. The minimum absolute atomic E-state index is 0.0302. The second-order valence-corrected chi connectivity index (χ2v) is 8.27. The second-order valence-electron chi connectivity index (χ2n) is 5.82. The highest BCUT2D eigenvalue weighted by atomic mass is 32.2. The molecule has 0 N–H and O–H groups in total. The maximum absolute atomic E-state index is 10.8. The van der Waals surface area contributed by atoms with Crippen LogP contribution in [0.2, 0.25) is 0 Å². The molecule has 2 unspecified atom stereocenters. The van der Waals surface area contributed by atoms with Crippen LogP contribution >= 0.6 is 23.5 Å². The van der Waals surface area contributed by atoms with Crippen LogP contribution < -0.4 is 0 Å². The average molecular weight is 379 g/mol. The lowest BCUT2D eigenvalue weighted by molar-refractivity contribution is 0.114. The predicted molar refractivity (Wildman–Crippen MR) is 94.8 cm³/mol. The maximum atomic E-state index is 10.8. The molecule has 0 saturated carbocycles. The molecule has 8 heteroatoms. The Balaban J connectivity index is 1.26. The van der Waals surface area contributed by atoms with Crippen molar-refractivity contribution in [1.29, 1.82) is 0 Å². The summed E-state index contributed by atoms with van der Waals surface area (Å²) in [6.45, 7) is 0.831. The van der Waals surface area contributed by atoms with Crippen molar-refractivity contribution in [2.45, 2.75) is 50.7 Å². The van der Waals surface area contributed by atoms with Gasteiger partial charge < -0.3 is 18.9 Å². The molecule has 0 aromatic rings. The molecule has 138 valence electrons. The highest BCUT2D eigenvalue weighted by Gasteiger charge is 2.24. The number of rotatable bonds is 13. The van der Waals surface area contributed by atoms with E-state index >= 15 is 0 Å². The van der Waals surface area contributed by atoms with E-state index in [0.29, 0.717) is 13.2 Å². The number of ether oxygens (including phenoxy) is 4. The van der Waals surface area contributed by atoms with Gasteiger partial charge in [0.25, 0.3) is 0 Å². The van der Waals surface area contributed by atoms with Crippen LogP contribution in [0.4, 0.5) is 9.59 Å². The van der Waals surface area contributed by atoms with Crippen molar-refractivity contribution in [3.8, 4) is 0 Å². The predicted octanol–water partition coefficient (Wildman–Crippen LogP) is 3.86. The monoisotopic (exact) mass is 378 g/mol. The average Bonchev–Trinajstić information content (AvgIpc) is 3.17. The number of cyclic esters (lactones) is 4. The Bertz CT molecular complexity index is 357. The van der Waals surface area contributed by atoms with Gasteiger partial charge in [-0.1, -0.05) is 0 Å². The van der Waals surface area contributed by atoms with Crippen LogP contribution in [-0.2, 0) is 18.9 Å². The first kappa shape index (κ1) is 19.6. The van der Waals surface area contributed by atoms with E-state index in [0.717, 1.165) is 50.0 Å². The molecule has 6 nitrogen and oxygen atoms in total. The smallest absolute Gasteiger partial charge is 0.430 e. The topological polar surface area (TPSA) is 71.1 Å². The van der Waals surface area contributed by atoms with Gasteiger partial charge in [0.2, 0.25) is 0 Å². The fraction of sp³-hybridized carbons (Fsp3) is 0.875. The van der Waals surface area contributed by atoms with E-state index < -0.39 is 12.3 Å². The van der Waals surface area contributed by atoms with Crippen molar-refractivity contribution in [2.75, 3.05) is 36.2 Å². The molecule has 2 atom stereocenters. The van der Waals surface area contributed by atoms with Gasteiger partial charge in [0.1, 0.15) is 25.4 Å². The van der Waals surface area contributed by atoms with Crippen LogP contribution in [0.25, 0.3) is 0 Å². The largest absolute Gasteiger partial charge is 0.508 e. The van der Waals surface area contributed by atoms with E-state index in [2.05, 4.69) is 0 Å². The SMILES string of the molecule is O=C1OCC(CCCCSCCSCCCCC2COC(=O)O2)O1. The van der Waals surface area contributed by atoms with E-state index in [9.17, 15) is 9.59 Å². The normalized spacial score (nSPS) is 22.8. The summed E-state index contributed by atoms with van der Waals surface area (Å²) in [5.41, 5.74) is 0. The summed E-state index contributed by atoms with van der Waals surface area (Å²) in [5.74, 6) is 4.69. The molecule has 0 bridgehead atoms. The second kappa shape index (κ2) is 11.7. The molecular weight excluding hydrogens is 352 g/mol. The molecule has 2 rings (SSSR count). The summed E-state index contributed by atoms with van der Waals surface area (Å²) in [5, 5.41) is 0. The van der Waals surface area contributed by atoms with Gasteiger partial charge in [-0.25, -0.2) is 9.59 Å². The molecule has 2 heterocycles. The quantitative estimate of drug-likeness (QED) is 0.353. The van der Waals surface area contributed by atoms with Crippen molar-refractivity contribution in [3.05, 3.63) is 0 Å². The van der Waals surface area contributed by atoms with Crippen molar-refractivity contribution >= 4 is 35.8 Å². The lowest BCUT2D eigenvalue weighted by Crippen LogP contribution is -2.09.